The van der Waals surface area contributed by atoms with Crippen LogP contribution in [0, 0.1) is 0 Å². The summed E-state index contributed by atoms with van der Waals surface area (Å²) in [6.45, 7) is 15.4. The molecule has 0 saturated carbocycles. The van der Waals surface area contributed by atoms with Crippen LogP contribution in [0.4, 0.5) is 0 Å². The molecular weight excluding hydrogens is 563 g/mol. The number of hydrogen-bond donors (Lipinski definition) is 2. The quantitative estimate of drug-likeness (QED) is 0.126. The number of phosphoric ester groups is 1. The van der Waals surface area contributed by atoms with Gasteiger partial charge in [0.05, 0.1) is 12.2 Å². The second-order valence-corrected chi connectivity index (χ2v) is 10.2. The molecule has 3 N–H and O–H groups in total. The van der Waals surface area contributed by atoms with Crippen molar-refractivity contribution in [2.24, 2.45) is 5.90 Å². The maximum absolute atomic E-state index is 12.7. The molecule has 3 rings (SSSR count). The predicted octanol–water partition coefficient (Wildman–Crippen LogP) is 2.16. The van der Waals surface area contributed by atoms with Crippen LogP contribution in [0.5, 0.6) is 5.75 Å². The van der Waals surface area contributed by atoms with Gasteiger partial charge in [0.1, 0.15) is 17.0 Å². The normalized spacial score (nSPS) is 11.8. The first-order valence-corrected chi connectivity index (χ1v) is 13.8. The maximum Gasteiger partial charge on any atom is 1.00 e. The number of aromatic amines is 1. The summed E-state index contributed by atoms with van der Waals surface area (Å²) in [5, 5.41) is 5.27. The molecule has 1 aromatic carbocycles. The molecule has 10 nitrogen and oxygen atoms in total. The minimum atomic E-state index is -4.59. The fourth-order valence-electron chi connectivity index (χ4n) is 2.92. The molecule has 0 spiro atoms. The van der Waals surface area contributed by atoms with Crippen LogP contribution in [0.1, 0.15) is 57.1 Å². The van der Waals surface area contributed by atoms with Crippen LogP contribution >= 0.6 is 31.0 Å². The Morgan fingerprint density at radius 1 is 1.32 bits per heavy atom. The van der Waals surface area contributed by atoms with Gasteiger partial charge in [-0.05, 0) is 23.6 Å². The number of aromatic nitrogens is 4. The van der Waals surface area contributed by atoms with Gasteiger partial charge in [0.25, 0.3) is 5.56 Å². The van der Waals surface area contributed by atoms with E-state index in [1.807, 2.05) is 13.8 Å². The van der Waals surface area contributed by atoms with E-state index in [1.54, 1.807) is 22.9 Å². The van der Waals surface area contributed by atoms with Gasteiger partial charge < -0.3 is 14.4 Å². The monoisotopic (exact) mass is 595 g/mol. The third-order valence-corrected chi connectivity index (χ3v) is 5.33. The molecule has 0 saturated heterocycles. The zero-order valence-electron chi connectivity index (χ0n) is 22.4. The Balaban J connectivity index is 0.00000153. The molecule has 2 aromatic heterocycles. The van der Waals surface area contributed by atoms with Gasteiger partial charge in [-0.25, -0.2) is 20.2 Å². The SMILES string of the molecule is C=C(Cl)Cn1nc(C(C)C)c2c(=O)[nH]c(Cc3ccc(OP(=O)([O-])ON)cc3)nc21.C=CCCl.CCC.[Na+]. The second-order valence-electron chi connectivity index (χ2n) is 8.04. The van der Waals surface area contributed by atoms with Gasteiger partial charge >= 0.3 is 37.4 Å². The minimum absolute atomic E-state index is 0. The molecular formula is C24H33Cl2N5NaO5P. The summed E-state index contributed by atoms with van der Waals surface area (Å²) in [5.74, 6) is 5.68. The van der Waals surface area contributed by atoms with Gasteiger partial charge in [-0.3, -0.25) is 9.36 Å². The van der Waals surface area contributed by atoms with Crippen molar-refractivity contribution in [2.75, 3.05) is 5.88 Å². The summed E-state index contributed by atoms with van der Waals surface area (Å²) in [6.07, 6.45) is 3.18. The molecule has 0 aliphatic carbocycles. The Morgan fingerprint density at radius 3 is 2.32 bits per heavy atom. The van der Waals surface area contributed by atoms with Gasteiger partial charge in [-0.2, -0.15) is 5.10 Å². The summed E-state index contributed by atoms with van der Waals surface area (Å²) in [7, 11) is -4.59. The van der Waals surface area contributed by atoms with Crippen molar-refractivity contribution >= 4 is 42.1 Å². The zero-order valence-corrected chi connectivity index (χ0v) is 26.8. The van der Waals surface area contributed by atoms with Crippen LogP contribution in [0.3, 0.4) is 0 Å². The van der Waals surface area contributed by atoms with E-state index < -0.39 is 7.82 Å². The molecule has 0 fully saturated rings. The maximum atomic E-state index is 12.7. The second kappa shape index (κ2) is 18.0. The van der Waals surface area contributed by atoms with Gasteiger partial charge in [0, 0.05) is 17.3 Å². The summed E-state index contributed by atoms with van der Waals surface area (Å²) in [4.78, 5) is 31.3. The number of halogens is 2. The summed E-state index contributed by atoms with van der Waals surface area (Å²) in [5.41, 5.74) is 1.52. The van der Waals surface area contributed by atoms with Crippen LogP contribution in [0.25, 0.3) is 11.0 Å². The Bertz CT molecular complexity index is 1280. The van der Waals surface area contributed by atoms with Crippen molar-refractivity contribution in [3.63, 3.8) is 0 Å². The van der Waals surface area contributed by atoms with E-state index in [1.165, 1.54) is 18.6 Å². The largest absolute Gasteiger partial charge is 1.00 e. The third kappa shape index (κ3) is 11.7. The topological polar surface area (TPSA) is 148 Å². The fourth-order valence-corrected chi connectivity index (χ4v) is 3.46. The Morgan fingerprint density at radius 2 is 1.87 bits per heavy atom. The number of benzene rings is 1. The van der Waals surface area contributed by atoms with E-state index in [0.29, 0.717) is 33.5 Å². The predicted molar refractivity (Wildman–Crippen MR) is 147 cm³/mol. The molecule has 1 unspecified atom stereocenters. The van der Waals surface area contributed by atoms with E-state index in [9.17, 15) is 14.3 Å². The molecule has 0 amide bonds. The Kier molecular flexibility index (Phi) is 17.3. The molecule has 38 heavy (non-hydrogen) atoms. The van der Waals surface area contributed by atoms with E-state index in [2.05, 4.69) is 57.1 Å². The molecule has 3 aromatic rings. The van der Waals surface area contributed by atoms with E-state index in [-0.39, 0.29) is 59.7 Å². The molecule has 0 radical (unpaired) electrons. The van der Waals surface area contributed by atoms with Crippen LogP contribution < -0.4 is 50.4 Å². The van der Waals surface area contributed by atoms with Gasteiger partial charge in [-0.1, -0.05) is 70.5 Å². The van der Waals surface area contributed by atoms with Crippen molar-refractivity contribution in [3.05, 3.63) is 76.0 Å². The van der Waals surface area contributed by atoms with Crippen molar-refractivity contribution < 1.29 is 48.2 Å². The number of H-pyrrole nitrogens is 1. The number of nitrogens with two attached hydrogens (primary N) is 1. The number of hydrogen-bond acceptors (Lipinski definition) is 8. The van der Waals surface area contributed by atoms with E-state index in [0.717, 1.165) is 5.56 Å². The fraction of sp³-hybridized carbons (Fsp3) is 0.375. The summed E-state index contributed by atoms with van der Waals surface area (Å²) >= 11 is 11.0. The standard InChI is InChI=1S/C18H21ClN5O5P.C3H5Cl.C3H8.Na/c1-10(2)16-15-17(24(23-16)9-11(3)19)21-14(22-18(15)25)8-12-4-6-13(7-5-12)28-30(26,27)29-20;1-2-3-4;1-3-2;/h4-7,10H,3,8-9,20H2,1-2H3,(H,26,27)(H,21,22,25);2H,1,3H2;3H2,1-2H3;/q;;;+1/p-1. The average molecular weight is 596 g/mol. The number of phosphoric acid groups is 1. The summed E-state index contributed by atoms with van der Waals surface area (Å²) in [6, 6.07) is 6.14. The van der Waals surface area contributed by atoms with Gasteiger partial charge in [0.2, 0.25) is 0 Å². The first-order chi connectivity index (χ1) is 17.4. The smallest absolute Gasteiger partial charge is 0.745 e. The van der Waals surface area contributed by atoms with Crippen molar-refractivity contribution in [1.82, 2.24) is 19.7 Å². The third-order valence-electron chi connectivity index (χ3n) is 4.30. The minimum Gasteiger partial charge on any atom is -0.745 e. The molecule has 2 heterocycles. The van der Waals surface area contributed by atoms with Crippen LogP contribution in [-0.2, 0) is 22.2 Å². The van der Waals surface area contributed by atoms with Crippen LogP contribution in [0.2, 0.25) is 0 Å². The number of nitrogens with zero attached hydrogens (tertiary/aromatic N) is 3. The molecule has 0 aliphatic heterocycles. The molecule has 0 bridgehead atoms. The van der Waals surface area contributed by atoms with Crippen molar-refractivity contribution in [3.8, 4) is 5.75 Å². The molecule has 1 atom stereocenters. The van der Waals surface area contributed by atoms with Crippen molar-refractivity contribution in [1.29, 1.82) is 0 Å². The number of rotatable bonds is 9. The number of fused-ring (bicyclic) bond motifs is 1. The average Bonchev–Trinajstić information content (AvgIpc) is 3.19. The Hall–Kier alpha value is -1.46. The first kappa shape index (κ1) is 36.5. The Labute approximate surface area is 255 Å². The van der Waals surface area contributed by atoms with Crippen LogP contribution in [-0.4, -0.2) is 25.6 Å². The number of nitrogens with one attached hydrogen (secondary N) is 1. The molecule has 14 heteroatoms. The summed E-state index contributed by atoms with van der Waals surface area (Å²) < 4.78 is 21.3. The van der Waals surface area contributed by atoms with Crippen LogP contribution in [0.15, 0.2) is 53.3 Å². The molecule has 204 valence electrons. The van der Waals surface area contributed by atoms with E-state index in [4.69, 9.17) is 23.2 Å². The van der Waals surface area contributed by atoms with Gasteiger partial charge in [-0.15, -0.1) is 18.2 Å². The van der Waals surface area contributed by atoms with Gasteiger partial charge in [0.15, 0.2) is 5.65 Å². The number of alkyl halides is 1. The number of allylic oxidation sites excluding steroid dienone is 2. The van der Waals surface area contributed by atoms with E-state index >= 15 is 0 Å². The molecule has 0 aliphatic rings. The zero-order chi connectivity index (χ0) is 28.2. The van der Waals surface area contributed by atoms with Crippen molar-refractivity contribution in [2.45, 2.75) is 53.0 Å². The first-order valence-electron chi connectivity index (χ1n) is 11.4.